The van der Waals surface area contributed by atoms with Crippen molar-refractivity contribution in [3.8, 4) is 45.0 Å². The van der Waals surface area contributed by atoms with Crippen LogP contribution in [0.2, 0.25) is 0 Å². The highest BCUT2D eigenvalue weighted by molar-refractivity contribution is 6.26. The molecule has 0 atom stereocenters. The van der Waals surface area contributed by atoms with Gasteiger partial charge in [-0.25, -0.2) is 9.97 Å². The van der Waals surface area contributed by atoms with Gasteiger partial charge in [-0.15, -0.1) is 0 Å². The third kappa shape index (κ3) is 5.60. The first-order chi connectivity index (χ1) is 26.8. The molecule has 0 radical (unpaired) electrons. The van der Waals surface area contributed by atoms with Gasteiger partial charge in [-0.3, -0.25) is 4.98 Å². The maximum atomic E-state index is 5.27. The van der Waals surface area contributed by atoms with E-state index in [4.69, 9.17) is 9.97 Å². The van der Waals surface area contributed by atoms with Crippen LogP contribution >= 0.6 is 0 Å². The van der Waals surface area contributed by atoms with Gasteiger partial charge < -0.3 is 0 Å². The van der Waals surface area contributed by atoms with Gasteiger partial charge in [0.05, 0.1) is 11.4 Å². The van der Waals surface area contributed by atoms with E-state index in [1.807, 2.05) is 30.6 Å². The molecule has 10 rings (SSSR count). The highest BCUT2D eigenvalue weighted by Crippen LogP contribution is 2.38. The number of hydrogen-bond donors (Lipinski definition) is 0. The lowest BCUT2D eigenvalue weighted by Crippen LogP contribution is -1.96. The van der Waals surface area contributed by atoms with Gasteiger partial charge in [0.15, 0.2) is 5.82 Å². The predicted octanol–water partition coefficient (Wildman–Crippen LogP) is 13.4. The van der Waals surface area contributed by atoms with Gasteiger partial charge in [0, 0.05) is 29.1 Å². The van der Waals surface area contributed by atoms with Gasteiger partial charge in [-0.05, 0) is 89.3 Å². The molecule has 0 unspecified atom stereocenters. The largest absolute Gasteiger partial charge is 0.265 e. The zero-order valence-corrected chi connectivity index (χ0v) is 29.4. The Hall–Kier alpha value is -7.23. The van der Waals surface area contributed by atoms with Gasteiger partial charge >= 0.3 is 0 Å². The van der Waals surface area contributed by atoms with Gasteiger partial charge in [0.25, 0.3) is 0 Å². The van der Waals surface area contributed by atoms with E-state index < -0.39 is 0 Å². The van der Waals surface area contributed by atoms with Crippen molar-refractivity contribution in [1.82, 2.24) is 15.0 Å². The van der Waals surface area contributed by atoms with Crippen LogP contribution in [-0.2, 0) is 0 Å². The zero-order chi connectivity index (χ0) is 35.8. The van der Waals surface area contributed by atoms with E-state index in [1.165, 1.54) is 48.5 Å². The summed E-state index contributed by atoms with van der Waals surface area (Å²) in [6.07, 6.45) is 3.65. The second-order valence-electron chi connectivity index (χ2n) is 13.6. The first-order valence-corrected chi connectivity index (χ1v) is 18.3. The van der Waals surface area contributed by atoms with Crippen molar-refractivity contribution in [1.29, 1.82) is 0 Å². The Labute approximate surface area is 313 Å². The van der Waals surface area contributed by atoms with E-state index in [0.717, 1.165) is 44.6 Å². The van der Waals surface area contributed by atoms with Crippen LogP contribution in [-0.4, -0.2) is 15.0 Å². The van der Waals surface area contributed by atoms with Crippen LogP contribution in [0.3, 0.4) is 0 Å². The molecule has 0 spiro atoms. The number of pyridine rings is 1. The molecule has 2 aromatic heterocycles. The topological polar surface area (TPSA) is 38.7 Å². The fourth-order valence-corrected chi connectivity index (χ4v) is 7.81. The Bertz CT molecular complexity index is 3010. The molecule has 3 nitrogen and oxygen atoms in total. The number of aromatic nitrogens is 3. The Kier molecular flexibility index (Phi) is 7.81. The van der Waals surface area contributed by atoms with Gasteiger partial charge in [-0.2, -0.15) is 0 Å². The average molecular weight is 688 g/mol. The van der Waals surface area contributed by atoms with E-state index in [0.29, 0.717) is 5.82 Å². The molecule has 0 saturated heterocycles. The summed E-state index contributed by atoms with van der Waals surface area (Å²) in [5.74, 6) is 0.681. The quantitative estimate of drug-likeness (QED) is 0.185. The van der Waals surface area contributed by atoms with E-state index in [2.05, 4.69) is 175 Å². The molecule has 0 fully saturated rings. The summed E-state index contributed by atoms with van der Waals surface area (Å²) in [5, 5.41) is 11.9. The number of hydrogen-bond acceptors (Lipinski definition) is 3. The van der Waals surface area contributed by atoms with E-state index in [-0.39, 0.29) is 0 Å². The predicted molar refractivity (Wildman–Crippen MR) is 227 cm³/mol. The van der Waals surface area contributed by atoms with Crippen molar-refractivity contribution in [3.63, 3.8) is 0 Å². The van der Waals surface area contributed by atoms with Crippen LogP contribution in [0.1, 0.15) is 0 Å². The third-order valence-corrected chi connectivity index (χ3v) is 10.4. The number of nitrogens with zero attached hydrogens (tertiary/aromatic N) is 3. The minimum atomic E-state index is 0.681. The second-order valence-corrected chi connectivity index (χ2v) is 13.6. The van der Waals surface area contributed by atoms with Crippen LogP contribution in [0, 0.1) is 0 Å². The summed E-state index contributed by atoms with van der Waals surface area (Å²) in [6, 6.07) is 67.0. The molecule has 54 heavy (non-hydrogen) atoms. The zero-order valence-electron chi connectivity index (χ0n) is 29.4. The van der Waals surface area contributed by atoms with Crippen LogP contribution in [0.15, 0.2) is 200 Å². The molecule has 2 heterocycles. The molecular weight excluding hydrogens is 655 g/mol. The molecule has 10 aromatic rings. The van der Waals surface area contributed by atoms with Crippen LogP contribution < -0.4 is 0 Å². The SMILES string of the molecule is c1ccc(-c2cc(-c3ccc(-c4ccncc4)cc3)nc(-c3ccc4c5ccccc5c5ccccc5c5ccccc5c5ccccc5c4c3)n2)cc1. The minimum absolute atomic E-state index is 0.681. The van der Waals surface area contributed by atoms with Crippen molar-refractivity contribution >= 4 is 53.9 Å². The number of fused-ring (bicyclic) bond motifs is 10. The van der Waals surface area contributed by atoms with E-state index >= 15 is 0 Å². The van der Waals surface area contributed by atoms with Crippen molar-refractivity contribution < 1.29 is 0 Å². The van der Waals surface area contributed by atoms with E-state index in [1.54, 1.807) is 0 Å². The Balaban J connectivity index is 1.28. The van der Waals surface area contributed by atoms with Crippen LogP contribution in [0.4, 0.5) is 0 Å². The molecule has 0 N–H and O–H groups in total. The maximum absolute atomic E-state index is 5.27. The van der Waals surface area contributed by atoms with Crippen molar-refractivity contribution in [2.45, 2.75) is 0 Å². The second kappa shape index (κ2) is 13.4. The molecular formula is C51H33N3. The van der Waals surface area contributed by atoms with E-state index in [9.17, 15) is 0 Å². The Morgan fingerprint density at radius 1 is 0.241 bits per heavy atom. The van der Waals surface area contributed by atoms with Gasteiger partial charge in [-0.1, -0.05) is 164 Å². The smallest absolute Gasteiger partial charge is 0.160 e. The highest BCUT2D eigenvalue weighted by Gasteiger charge is 2.14. The summed E-state index contributed by atoms with van der Waals surface area (Å²) in [5.41, 5.74) is 7.05. The van der Waals surface area contributed by atoms with Crippen LogP contribution in [0.25, 0.3) is 98.9 Å². The number of benzene rings is 7. The molecule has 0 aliphatic heterocycles. The molecule has 0 saturated carbocycles. The first kappa shape index (κ1) is 31.5. The maximum Gasteiger partial charge on any atom is 0.160 e. The summed E-state index contributed by atoms with van der Waals surface area (Å²) >= 11 is 0. The summed E-state index contributed by atoms with van der Waals surface area (Å²) in [4.78, 5) is 14.7. The Morgan fingerprint density at radius 2 is 0.593 bits per heavy atom. The third-order valence-electron chi connectivity index (χ3n) is 10.4. The van der Waals surface area contributed by atoms with Gasteiger partial charge in [0.1, 0.15) is 0 Å². The molecule has 8 aromatic carbocycles. The summed E-state index contributed by atoms with van der Waals surface area (Å²) in [6.45, 7) is 0. The standard InChI is InChI=1S/C51H33N3/c1-2-12-36(13-3-1)49-33-50(37-24-22-34(23-25-37)35-28-30-52-31-29-35)54-51(53-49)38-26-27-47-45-20-9-8-18-43(45)41-16-5-4-14-39(41)40-15-6-7-17-42(40)44-19-10-11-21-46(44)48(47)32-38/h1-33H. The minimum Gasteiger partial charge on any atom is -0.265 e. The lowest BCUT2D eigenvalue weighted by molar-refractivity contribution is 1.18. The monoisotopic (exact) mass is 687 g/mol. The fourth-order valence-electron chi connectivity index (χ4n) is 7.81. The molecule has 252 valence electrons. The molecule has 0 bridgehead atoms. The van der Waals surface area contributed by atoms with Crippen molar-refractivity contribution in [2.24, 2.45) is 0 Å². The first-order valence-electron chi connectivity index (χ1n) is 18.3. The summed E-state index contributed by atoms with van der Waals surface area (Å²) in [7, 11) is 0. The Morgan fingerprint density at radius 3 is 1.07 bits per heavy atom. The molecule has 0 aliphatic carbocycles. The lowest BCUT2D eigenvalue weighted by Gasteiger charge is -2.12. The number of rotatable bonds is 4. The molecule has 0 amide bonds. The molecule has 3 heteroatoms. The highest BCUT2D eigenvalue weighted by atomic mass is 14.9. The van der Waals surface area contributed by atoms with Crippen molar-refractivity contribution in [3.05, 3.63) is 200 Å². The van der Waals surface area contributed by atoms with Crippen LogP contribution in [0.5, 0.6) is 0 Å². The average Bonchev–Trinajstić information content (AvgIpc) is 3.26. The van der Waals surface area contributed by atoms with Crippen molar-refractivity contribution in [2.75, 3.05) is 0 Å². The normalized spacial score (nSPS) is 11.3. The van der Waals surface area contributed by atoms with Gasteiger partial charge in [0.2, 0.25) is 0 Å². The lowest BCUT2D eigenvalue weighted by atomic mass is 9.93. The fraction of sp³-hybridized carbons (Fsp3) is 0. The molecule has 0 aliphatic rings. The summed E-state index contributed by atoms with van der Waals surface area (Å²) < 4.78 is 0.